The summed E-state index contributed by atoms with van der Waals surface area (Å²) < 4.78 is 0. The Bertz CT molecular complexity index is 670. The van der Waals surface area contributed by atoms with E-state index >= 15 is 0 Å². The van der Waals surface area contributed by atoms with Crippen molar-refractivity contribution >= 4 is 34.3 Å². The summed E-state index contributed by atoms with van der Waals surface area (Å²) in [5.74, 6) is 7.64. The zero-order valence-electron chi connectivity index (χ0n) is 11.9. The molecule has 2 heterocycles. The predicted molar refractivity (Wildman–Crippen MR) is 87.4 cm³/mol. The number of amides is 1. The molecule has 0 radical (unpaired) electrons. The van der Waals surface area contributed by atoms with Crippen molar-refractivity contribution in [3.05, 3.63) is 36.0 Å². The fourth-order valence-corrected chi connectivity index (χ4v) is 3.85. The Morgan fingerprint density at radius 3 is 3.00 bits per heavy atom. The average molecular weight is 302 g/mol. The highest BCUT2D eigenvalue weighted by Gasteiger charge is 2.25. The van der Waals surface area contributed by atoms with E-state index in [1.807, 2.05) is 43.1 Å². The van der Waals surface area contributed by atoms with Crippen LogP contribution in [0.5, 0.6) is 0 Å². The summed E-state index contributed by atoms with van der Waals surface area (Å²) in [5, 5.41) is 0.913. The number of hydrogen-bond donors (Lipinski definition) is 2. The minimum Gasteiger partial charge on any atom is -0.337 e. The minimum atomic E-state index is -0.0512. The zero-order chi connectivity index (χ0) is 14.8. The molecule has 1 aliphatic heterocycles. The van der Waals surface area contributed by atoms with Gasteiger partial charge in [0, 0.05) is 24.2 Å². The van der Waals surface area contributed by atoms with Gasteiger partial charge in [0.05, 0.1) is 11.2 Å². The molecule has 5 nitrogen and oxygen atoms in total. The Hall–Kier alpha value is -1.79. The van der Waals surface area contributed by atoms with Crippen LogP contribution in [0.25, 0.3) is 10.9 Å². The van der Waals surface area contributed by atoms with E-state index in [2.05, 4.69) is 10.4 Å². The van der Waals surface area contributed by atoms with Crippen LogP contribution in [-0.2, 0) is 0 Å². The Labute approximate surface area is 127 Å². The smallest absolute Gasteiger partial charge is 0.272 e. The van der Waals surface area contributed by atoms with Gasteiger partial charge in [-0.1, -0.05) is 18.2 Å². The molecule has 1 aromatic carbocycles. The van der Waals surface area contributed by atoms with Gasteiger partial charge in [0.1, 0.15) is 5.69 Å². The van der Waals surface area contributed by atoms with Crippen LogP contribution in [0.15, 0.2) is 30.3 Å². The molecule has 0 saturated carbocycles. The lowest BCUT2D eigenvalue weighted by Gasteiger charge is -2.23. The van der Waals surface area contributed by atoms with Gasteiger partial charge in [-0.25, -0.2) is 4.98 Å². The quantitative estimate of drug-likeness (QED) is 0.671. The van der Waals surface area contributed by atoms with E-state index in [0.29, 0.717) is 11.7 Å². The molecule has 110 valence electrons. The van der Waals surface area contributed by atoms with Crippen molar-refractivity contribution < 1.29 is 4.79 Å². The van der Waals surface area contributed by atoms with Crippen LogP contribution < -0.4 is 11.3 Å². The fraction of sp³-hybridized carbons (Fsp3) is 0.333. The molecule has 0 aliphatic carbocycles. The summed E-state index contributed by atoms with van der Waals surface area (Å²) in [6.45, 7) is 0. The van der Waals surface area contributed by atoms with Gasteiger partial charge in [-0.05, 0) is 24.3 Å². The van der Waals surface area contributed by atoms with Crippen LogP contribution in [0.3, 0.4) is 0 Å². The summed E-state index contributed by atoms with van der Waals surface area (Å²) in [5.41, 5.74) is 4.58. The van der Waals surface area contributed by atoms with Crippen molar-refractivity contribution in [3.8, 4) is 0 Å². The monoisotopic (exact) mass is 302 g/mol. The number of rotatable bonds is 3. The lowest BCUT2D eigenvalue weighted by atomic mass is 10.1. The molecule has 21 heavy (non-hydrogen) atoms. The Morgan fingerprint density at radius 1 is 1.48 bits per heavy atom. The van der Waals surface area contributed by atoms with Gasteiger partial charge in [0.2, 0.25) is 0 Å². The molecular formula is C15H18N4OS. The van der Waals surface area contributed by atoms with Crippen molar-refractivity contribution in [1.29, 1.82) is 0 Å². The number of hydrazine groups is 1. The molecule has 1 amide bonds. The van der Waals surface area contributed by atoms with Crippen LogP contribution in [-0.4, -0.2) is 40.4 Å². The number of nitrogen functional groups attached to an aromatic ring is 1. The largest absolute Gasteiger partial charge is 0.337 e. The first-order valence-corrected chi connectivity index (χ1v) is 8.07. The van der Waals surface area contributed by atoms with Crippen LogP contribution in [0.2, 0.25) is 0 Å². The highest BCUT2D eigenvalue weighted by Crippen LogP contribution is 2.25. The second-order valence-electron chi connectivity index (χ2n) is 5.15. The third kappa shape index (κ3) is 2.69. The number of anilines is 1. The van der Waals surface area contributed by atoms with Gasteiger partial charge < -0.3 is 10.3 Å². The van der Waals surface area contributed by atoms with Gasteiger partial charge in [-0.15, -0.1) is 0 Å². The van der Waals surface area contributed by atoms with Crippen molar-refractivity contribution in [1.82, 2.24) is 9.88 Å². The van der Waals surface area contributed by atoms with Crippen LogP contribution in [0.1, 0.15) is 16.9 Å². The maximum Gasteiger partial charge on any atom is 0.272 e. The number of hydrogen-bond acceptors (Lipinski definition) is 5. The van der Waals surface area contributed by atoms with E-state index in [-0.39, 0.29) is 5.91 Å². The Kier molecular flexibility index (Phi) is 3.98. The van der Waals surface area contributed by atoms with E-state index < -0.39 is 0 Å². The van der Waals surface area contributed by atoms with E-state index in [9.17, 15) is 4.79 Å². The third-order valence-corrected chi connectivity index (χ3v) is 5.01. The molecule has 6 heteroatoms. The molecule has 1 atom stereocenters. The molecule has 3 N–H and O–H groups in total. The minimum absolute atomic E-state index is 0.0512. The Morgan fingerprint density at radius 2 is 2.29 bits per heavy atom. The predicted octanol–water partition coefficient (Wildman–Crippen LogP) is 2.10. The average Bonchev–Trinajstić information content (AvgIpc) is 3.06. The molecule has 1 aromatic heterocycles. The van der Waals surface area contributed by atoms with E-state index in [1.165, 1.54) is 0 Å². The van der Waals surface area contributed by atoms with Crippen LogP contribution in [0.4, 0.5) is 5.69 Å². The van der Waals surface area contributed by atoms with Crippen LogP contribution in [0, 0.1) is 0 Å². The van der Waals surface area contributed by atoms with Gasteiger partial charge >= 0.3 is 0 Å². The molecule has 2 aromatic rings. The summed E-state index contributed by atoms with van der Waals surface area (Å²) in [7, 11) is 1.85. The number of aromatic nitrogens is 1. The molecule has 1 fully saturated rings. The van der Waals surface area contributed by atoms with E-state index in [4.69, 9.17) is 5.84 Å². The molecule has 1 saturated heterocycles. The van der Waals surface area contributed by atoms with Crippen molar-refractivity contribution in [2.24, 2.45) is 5.84 Å². The van der Waals surface area contributed by atoms with Crippen molar-refractivity contribution in [2.45, 2.75) is 12.5 Å². The van der Waals surface area contributed by atoms with Crippen molar-refractivity contribution in [2.75, 3.05) is 24.0 Å². The lowest BCUT2D eigenvalue weighted by molar-refractivity contribution is 0.0742. The molecular weight excluding hydrogens is 284 g/mol. The summed E-state index contributed by atoms with van der Waals surface area (Å²) in [4.78, 5) is 18.9. The number of nitrogens with zero attached hydrogens (tertiary/aromatic N) is 2. The second-order valence-corrected chi connectivity index (χ2v) is 6.30. The normalized spacial score (nSPS) is 17.9. The number of pyridine rings is 1. The number of nitrogens with one attached hydrogen (secondary N) is 1. The first-order chi connectivity index (χ1) is 10.2. The topological polar surface area (TPSA) is 71.2 Å². The van der Waals surface area contributed by atoms with Gasteiger partial charge in [0.25, 0.3) is 5.91 Å². The van der Waals surface area contributed by atoms with Gasteiger partial charge in [0.15, 0.2) is 0 Å². The number of carbonyl (C=O) groups is 1. The first-order valence-electron chi connectivity index (χ1n) is 6.92. The van der Waals surface area contributed by atoms with E-state index in [0.717, 1.165) is 34.5 Å². The highest BCUT2D eigenvalue weighted by atomic mass is 32.2. The van der Waals surface area contributed by atoms with Crippen LogP contribution >= 0.6 is 11.8 Å². The van der Waals surface area contributed by atoms with Gasteiger partial charge in [-0.3, -0.25) is 10.6 Å². The molecule has 3 rings (SSSR count). The first kappa shape index (κ1) is 14.2. The highest BCUT2D eigenvalue weighted by molar-refractivity contribution is 7.99. The number of fused-ring (bicyclic) bond motifs is 1. The number of nitrogens with two attached hydrogens (primary N) is 1. The maximum atomic E-state index is 12.6. The number of benzene rings is 1. The number of thioether (sulfide) groups is 1. The second kappa shape index (κ2) is 5.91. The molecule has 0 bridgehead atoms. The summed E-state index contributed by atoms with van der Waals surface area (Å²) in [6, 6.07) is 9.67. The standard InChI is InChI=1S/C15H18N4OS/c1-19(10-6-7-21-9-10)15(20)14-8-13(18-16)11-4-2-3-5-12(11)17-14/h2-5,8,10H,6-7,9,16H2,1H3,(H,17,18). The third-order valence-electron chi connectivity index (χ3n) is 3.86. The zero-order valence-corrected chi connectivity index (χ0v) is 12.7. The molecule has 1 unspecified atom stereocenters. The van der Waals surface area contributed by atoms with Gasteiger partial charge in [-0.2, -0.15) is 11.8 Å². The maximum absolute atomic E-state index is 12.6. The molecule has 1 aliphatic rings. The summed E-state index contributed by atoms with van der Waals surface area (Å²) >= 11 is 1.89. The molecule has 0 spiro atoms. The lowest BCUT2D eigenvalue weighted by Crippen LogP contribution is -2.37. The Balaban J connectivity index is 1.97. The van der Waals surface area contributed by atoms with Crippen molar-refractivity contribution in [3.63, 3.8) is 0 Å². The number of para-hydroxylation sites is 1. The van der Waals surface area contributed by atoms with E-state index in [1.54, 1.807) is 11.0 Å². The SMILES string of the molecule is CN(C(=O)c1cc(NN)c2ccccc2n1)C1CCSC1. The summed E-state index contributed by atoms with van der Waals surface area (Å²) in [6.07, 6.45) is 1.04. The fourth-order valence-electron chi connectivity index (χ4n) is 2.58. The number of carbonyl (C=O) groups excluding carboxylic acids is 1.